The van der Waals surface area contributed by atoms with E-state index in [4.69, 9.17) is 4.74 Å². The molecule has 2 aromatic rings. The van der Waals surface area contributed by atoms with E-state index < -0.39 is 28.3 Å². The van der Waals surface area contributed by atoms with E-state index in [1.165, 1.54) is 29.8 Å². The molecule has 0 aliphatic rings. The van der Waals surface area contributed by atoms with Crippen LogP contribution in [0.5, 0.6) is 0 Å². The predicted molar refractivity (Wildman–Crippen MR) is 102 cm³/mol. The second-order valence-electron chi connectivity index (χ2n) is 6.34. The lowest BCUT2D eigenvalue weighted by Gasteiger charge is -2.14. The highest BCUT2D eigenvalue weighted by Gasteiger charge is 2.20. The zero-order valence-electron chi connectivity index (χ0n) is 15.3. The Hall–Kier alpha value is -2.67. The Balaban J connectivity index is 1.84. The second-order valence-corrected chi connectivity index (χ2v) is 8.32. The Morgan fingerprint density at radius 1 is 1.04 bits per heavy atom. The summed E-state index contributed by atoms with van der Waals surface area (Å²) in [5, 5.41) is 2.77. The maximum absolute atomic E-state index is 12.1. The van der Waals surface area contributed by atoms with Gasteiger partial charge in [-0.1, -0.05) is 42.5 Å². The first-order valence-corrected chi connectivity index (χ1v) is 10.5. The van der Waals surface area contributed by atoms with Crippen molar-refractivity contribution >= 4 is 21.7 Å². The van der Waals surface area contributed by atoms with Crippen molar-refractivity contribution in [3.8, 4) is 0 Å². The van der Waals surface area contributed by atoms with Crippen molar-refractivity contribution in [2.24, 2.45) is 0 Å². The van der Waals surface area contributed by atoms with Crippen molar-refractivity contribution < 1.29 is 22.7 Å². The molecule has 0 aliphatic heterocycles. The second kappa shape index (κ2) is 9.32. The number of carbonyl (C=O) groups excluding carboxylic acids is 2. The van der Waals surface area contributed by atoms with Gasteiger partial charge in [0.1, 0.15) is 0 Å². The molecule has 0 saturated heterocycles. The van der Waals surface area contributed by atoms with Gasteiger partial charge in [-0.3, -0.25) is 4.79 Å². The van der Waals surface area contributed by atoms with Gasteiger partial charge < -0.3 is 10.1 Å². The van der Waals surface area contributed by atoms with E-state index in [1.54, 1.807) is 0 Å². The van der Waals surface area contributed by atoms with Gasteiger partial charge >= 0.3 is 5.97 Å². The molecule has 0 bridgehead atoms. The van der Waals surface area contributed by atoms with E-state index in [0.717, 1.165) is 19.1 Å². The average molecular weight is 389 g/mol. The summed E-state index contributed by atoms with van der Waals surface area (Å²) in [5.41, 5.74) is 1.10. The molecule has 144 valence electrons. The molecule has 1 amide bonds. The van der Waals surface area contributed by atoms with Crippen LogP contribution in [0.2, 0.25) is 0 Å². The monoisotopic (exact) mass is 389 g/mol. The van der Waals surface area contributed by atoms with Gasteiger partial charge in [-0.2, -0.15) is 0 Å². The van der Waals surface area contributed by atoms with Crippen LogP contribution in [0.1, 0.15) is 29.3 Å². The Bertz CT molecular complexity index is 894. The van der Waals surface area contributed by atoms with Crippen LogP contribution in [-0.4, -0.2) is 39.2 Å². The molecule has 0 saturated carbocycles. The number of nitrogens with one attached hydrogen (secondary N) is 1. The predicted octanol–water partition coefficient (Wildman–Crippen LogP) is 2.38. The van der Waals surface area contributed by atoms with Gasteiger partial charge in [0.25, 0.3) is 5.91 Å². The number of ether oxygens (including phenoxy) is 1. The standard InChI is InChI=1S/C20H23NO5S/c1-15(12-13-16-8-4-3-5-9-16)21-19(22)14-26-20(23)17-10-6-7-11-18(17)27(2,24)25/h3-11,15H,12-14H2,1-2H3,(H,21,22)/t15-/m0/s1. The summed E-state index contributed by atoms with van der Waals surface area (Å²) in [5.74, 6) is -1.27. The lowest BCUT2D eigenvalue weighted by molar-refractivity contribution is -0.124. The Morgan fingerprint density at radius 3 is 2.33 bits per heavy atom. The molecule has 0 heterocycles. The number of hydrogen-bond donors (Lipinski definition) is 1. The Kier molecular flexibility index (Phi) is 7.12. The number of aryl methyl sites for hydroxylation is 1. The molecule has 2 rings (SSSR count). The third kappa shape index (κ3) is 6.53. The van der Waals surface area contributed by atoms with Crippen LogP contribution >= 0.6 is 0 Å². The number of amides is 1. The molecular formula is C20H23NO5S. The maximum atomic E-state index is 12.1. The molecule has 7 heteroatoms. The minimum atomic E-state index is -3.57. The van der Waals surface area contributed by atoms with Crippen LogP contribution < -0.4 is 5.32 Å². The smallest absolute Gasteiger partial charge is 0.339 e. The summed E-state index contributed by atoms with van der Waals surface area (Å²) in [6.45, 7) is 1.41. The third-order valence-corrected chi connectivity index (χ3v) is 5.11. The fourth-order valence-corrected chi connectivity index (χ4v) is 3.46. The fraction of sp³-hybridized carbons (Fsp3) is 0.300. The molecule has 27 heavy (non-hydrogen) atoms. The van der Waals surface area contributed by atoms with Gasteiger partial charge in [0.05, 0.1) is 10.5 Å². The first-order chi connectivity index (χ1) is 12.8. The molecule has 0 radical (unpaired) electrons. The highest BCUT2D eigenvalue weighted by atomic mass is 32.2. The minimum absolute atomic E-state index is 0.0788. The van der Waals surface area contributed by atoms with Crippen molar-refractivity contribution in [2.75, 3.05) is 12.9 Å². The molecule has 0 spiro atoms. The highest BCUT2D eigenvalue weighted by molar-refractivity contribution is 7.90. The van der Waals surface area contributed by atoms with Crippen molar-refractivity contribution in [3.63, 3.8) is 0 Å². The maximum Gasteiger partial charge on any atom is 0.339 e. The first kappa shape index (κ1) is 20.6. The number of esters is 1. The van der Waals surface area contributed by atoms with E-state index in [1.807, 2.05) is 37.3 Å². The molecule has 6 nitrogen and oxygen atoms in total. The Morgan fingerprint density at radius 2 is 1.67 bits per heavy atom. The molecule has 0 fully saturated rings. The van der Waals surface area contributed by atoms with Crippen molar-refractivity contribution in [1.82, 2.24) is 5.32 Å². The molecule has 0 aliphatic carbocycles. The van der Waals surface area contributed by atoms with E-state index in [2.05, 4.69) is 5.32 Å². The molecule has 2 aromatic carbocycles. The topological polar surface area (TPSA) is 89.5 Å². The third-order valence-electron chi connectivity index (χ3n) is 3.96. The summed E-state index contributed by atoms with van der Waals surface area (Å²) in [6, 6.07) is 15.6. The SMILES string of the molecule is C[C@@H](CCc1ccccc1)NC(=O)COC(=O)c1ccccc1S(C)(=O)=O. The van der Waals surface area contributed by atoms with Crippen molar-refractivity contribution in [2.45, 2.75) is 30.7 Å². The quantitative estimate of drug-likeness (QED) is 0.700. The van der Waals surface area contributed by atoms with Crippen LogP contribution in [0.15, 0.2) is 59.5 Å². The summed E-state index contributed by atoms with van der Waals surface area (Å²) < 4.78 is 28.5. The van der Waals surface area contributed by atoms with Crippen molar-refractivity contribution in [3.05, 3.63) is 65.7 Å². The molecule has 0 unspecified atom stereocenters. The normalized spacial score (nSPS) is 12.2. The average Bonchev–Trinajstić information content (AvgIpc) is 2.64. The van der Waals surface area contributed by atoms with Crippen LogP contribution in [-0.2, 0) is 25.8 Å². The van der Waals surface area contributed by atoms with Crippen LogP contribution in [0, 0.1) is 0 Å². The van der Waals surface area contributed by atoms with Gasteiger partial charge in [0, 0.05) is 12.3 Å². The molecule has 0 aromatic heterocycles. The lowest BCUT2D eigenvalue weighted by Crippen LogP contribution is -2.36. The van der Waals surface area contributed by atoms with Gasteiger partial charge in [0.15, 0.2) is 16.4 Å². The molecule has 1 N–H and O–H groups in total. The van der Waals surface area contributed by atoms with Gasteiger partial charge in [0.2, 0.25) is 0 Å². The number of sulfone groups is 1. The number of benzene rings is 2. The molecular weight excluding hydrogens is 366 g/mol. The molecule has 1 atom stereocenters. The van der Waals surface area contributed by atoms with Crippen LogP contribution in [0.25, 0.3) is 0 Å². The van der Waals surface area contributed by atoms with Crippen molar-refractivity contribution in [1.29, 1.82) is 0 Å². The van der Waals surface area contributed by atoms with E-state index in [9.17, 15) is 18.0 Å². The summed E-state index contributed by atoms with van der Waals surface area (Å²) in [4.78, 5) is 24.0. The van der Waals surface area contributed by atoms with E-state index >= 15 is 0 Å². The van der Waals surface area contributed by atoms with Gasteiger partial charge in [-0.25, -0.2) is 13.2 Å². The summed E-state index contributed by atoms with van der Waals surface area (Å²) in [6.07, 6.45) is 2.59. The van der Waals surface area contributed by atoms with Crippen LogP contribution in [0.3, 0.4) is 0 Å². The lowest BCUT2D eigenvalue weighted by atomic mass is 10.1. The first-order valence-electron chi connectivity index (χ1n) is 8.57. The summed E-state index contributed by atoms with van der Waals surface area (Å²) in [7, 11) is -3.57. The zero-order chi connectivity index (χ0) is 19.9. The van der Waals surface area contributed by atoms with Gasteiger partial charge in [-0.05, 0) is 37.5 Å². The van der Waals surface area contributed by atoms with Gasteiger partial charge in [-0.15, -0.1) is 0 Å². The Labute approximate surface area is 159 Å². The summed E-state index contributed by atoms with van der Waals surface area (Å²) >= 11 is 0. The largest absolute Gasteiger partial charge is 0.452 e. The number of rotatable bonds is 8. The van der Waals surface area contributed by atoms with E-state index in [0.29, 0.717) is 0 Å². The number of hydrogen-bond acceptors (Lipinski definition) is 5. The highest BCUT2D eigenvalue weighted by Crippen LogP contribution is 2.16. The van der Waals surface area contributed by atoms with Crippen LogP contribution in [0.4, 0.5) is 0 Å². The zero-order valence-corrected chi connectivity index (χ0v) is 16.2. The fourth-order valence-electron chi connectivity index (χ4n) is 2.58. The minimum Gasteiger partial charge on any atom is -0.452 e. The van der Waals surface area contributed by atoms with E-state index in [-0.39, 0.29) is 16.5 Å². The number of carbonyl (C=O) groups is 2.